The Morgan fingerprint density at radius 3 is 2.50 bits per heavy atom. The molecule has 2 bridgehead atoms. The first kappa shape index (κ1) is 21.2. The van der Waals surface area contributed by atoms with Gasteiger partial charge in [-0.2, -0.15) is 5.10 Å². The van der Waals surface area contributed by atoms with Crippen molar-refractivity contribution in [1.29, 1.82) is 0 Å². The molecule has 9 nitrogen and oxygen atoms in total. The molecule has 178 valence electrons. The molecule has 6 rings (SSSR count). The van der Waals surface area contributed by atoms with Gasteiger partial charge in [-0.05, 0) is 49.9 Å². The SMILES string of the molecule is O=C(Nc1ccc(-c2nc(N3CC4CCC(C3)O4)c3cnn(CC(F)F)c3n2)cc1)NC1CC1. The molecule has 2 N–H and O–H groups in total. The van der Waals surface area contributed by atoms with Gasteiger partial charge in [0.2, 0.25) is 0 Å². The van der Waals surface area contributed by atoms with Crippen molar-refractivity contribution in [2.24, 2.45) is 0 Å². The number of carbonyl (C=O) groups is 1. The van der Waals surface area contributed by atoms with Gasteiger partial charge in [0.1, 0.15) is 12.4 Å². The predicted octanol–water partition coefficient (Wildman–Crippen LogP) is 3.41. The molecule has 2 amide bonds. The molecule has 2 atom stereocenters. The van der Waals surface area contributed by atoms with Gasteiger partial charge in [-0.15, -0.1) is 0 Å². The van der Waals surface area contributed by atoms with Crippen molar-refractivity contribution < 1.29 is 18.3 Å². The average Bonchev–Trinajstić information content (AvgIpc) is 3.45. The average molecular weight is 469 g/mol. The van der Waals surface area contributed by atoms with Crippen LogP contribution in [0.3, 0.4) is 0 Å². The lowest BCUT2D eigenvalue weighted by molar-refractivity contribution is 0.0303. The zero-order chi connectivity index (χ0) is 23.2. The second-order valence-corrected chi connectivity index (χ2v) is 9.14. The molecule has 2 saturated heterocycles. The van der Waals surface area contributed by atoms with Crippen LogP contribution in [0.5, 0.6) is 0 Å². The Labute approximate surface area is 194 Å². The van der Waals surface area contributed by atoms with Gasteiger partial charge in [0.25, 0.3) is 6.43 Å². The molecular formula is C23H25F2N7O2. The lowest BCUT2D eigenvalue weighted by Gasteiger charge is -2.33. The van der Waals surface area contributed by atoms with Crippen molar-refractivity contribution in [1.82, 2.24) is 25.1 Å². The van der Waals surface area contributed by atoms with Gasteiger partial charge in [-0.1, -0.05) is 0 Å². The number of halogens is 2. The minimum Gasteiger partial charge on any atom is -0.371 e. The highest BCUT2D eigenvalue weighted by Crippen LogP contribution is 2.34. The van der Waals surface area contributed by atoms with E-state index in [1.54, 1.807) is 18.3 Å². The van der Waals surface area contributed by atoms with Crippen LogP contribution in [0.1, 0.15) is 25.7 Å². The van der Waals surface area contributed by atoms with Gasteiger partial charge in [0.15, 0.2) is 11.5 Å². The molecule has 3 aliphatic rings. The van der Waals surface area contributed by atoms with Gasteiger partial charge in [0, 0.05) is 30.4 Å². The summed E-state index contributed by atoms with van der Waals surface area (Å²) in [5.74, 6) is 1.11. The second-order valence-electron chi connectivity index (χ2n) is 9.14. The Hall–Kier alpha value is -3.34. The zero-order valence-corrected chi connectivity index (χ0v) is 18.5. The van der Waals surface area contributed by atoms with Crippen LogP contribution in [0.15, 0.2) is 30.5 Å². The van der Waals surface area contributed by atoms with E-state index in [9.17, 15) is 13.6 Å². The number of aromatic nitrogens is 4. The molecular weight excluding hydrogens is 444 g/mol. The summed E-state index contributed by atoms with van der Waals surface area (Å²) in [6.45, 7) is 0.856. The topological polar surface area (TPSA) is 97.2 Å². The van der Waals surface area contributed by atoms with Crippen molar-refractivity contribution in [2.75, 3.05) is 23.3 Å². The van der Waals surface area contributed by atoms with Crippen LogP contribution in [0, 0.1) is 0 Å². The summed E-state index contributed by atoms with van der Waals surface area (Å²) in [4.78, 5) is 23.6. The van der Waals surface area contributed by atoms with Crippen LogP contribution in [0.25, 0.3) is 22.4 Å². The number of nitrogens with zero attached hydrogens (tertiary/aromatic N) is 5. The summed E-state index contributed by atoms with van der Waals surface area (Å²) < 4.78 is 33.6. The van der Waals surface area contributed by atoms with E-state index < -0.39 is 13.0 Å². The molecule has 11 heteroatoms. The number of urea groups is 1. The van der Waals surface area contributed by atoms with Crippen molar-refractivity contribution in [3.8, 4) is 11.4 Å². The Balaban J connectivity index is 1.33. The fourth-order valence-corrected chi connectivity index (χ4v) is 4.65. The largest absolute Gasteiger partial charge is 0.371 e. The highest BCUT2D eigenvalue weighted by Gasteiger charge is 2.35. The normalized spacial score (nSPS) is 21.9. The van der Waals surface area contributed by atoms with E-state index >= 15 is 0 Å². The number of hydrogen-bond donors (Lipinski definition) is 2. The van der Waals surface area contributed by atoms with Crippen LogP contribution in [0.4, 0.5) is 25.1 Å². The minimum absolute atomic E-state index is 0.149. The lowest BCUT2D eigenvalue weighted by atomic mass is 10.2. The highest BCUT2D eigenvalue weighted by molar-refractivity contribution is 5.91. The Bertz CT molecular complexity index is 1200. The third kappa shape index (κ3) is 4.27. The van der Waals surface area contributed by atoms with E-state index in [-0.39, 0.29) is 24.3 Å². The number of nitrogens with one attached hydrogen (secondary N) is 2. The fraction of sp³-hybridized carbons (Fsp3) is 0.478. The van der Waals surface area contributed by atoms with Gasteiger partial charge in [-0.3, -0.25) is 0 Å². The number of hydrogen-bond acceptors (Lipinski definition) is 6. The molecule has 1 aromatic carbocycles. The number of amides is 2. The van der Waals surface area contributed by atoms with Gasteiger partial charge in [-0.25, -0.2) is 28.2 Å². The summed E-state index contributed by atoms with van der Waals surface area (Å²) in [5, 5.41) is 10.5. The van der Waals surface area contributed by atoms with Crippen LogP contribution in [0.2, 0.25) is 0 Å². The fourth-order valence-electron chi connectivity index (χ4n) is 4.65. The van der Waals surface area contributed by atoms with E-state index in [1.807, 2.05) is 12.1 Å². The summed E-state index contributed by atoms with van der Waals surface area (Å²) in [7, 11) is 0. The first-order valence-electron chi connectivity index (χ1n) is 11.6. The monoisotopic (exact) mass is 469 g/mol. The Morgan fingerprint density at radius 1 is 1.09 bits per heavy atom. The van der Waals surface area contributed by atoms with Crippen molar-refractivity contribution in [3.63, 3.8) is 0 Å². The minimum atomic E-state index is -2.55. The van der Waals surface area contributed by atoms with Crippen molar-refractivity contribution >= 4 is 28.6 Å². The quantitative estimate of drug-likeness (QED) is 0.574. The second kappa shape index (κ2) is 8.46. The number of anilines is 2. The van der Waals surface area contributed by atoms with E-state index in [1.165, 1.54) is 4.68 Å². The summed E-state index contributed by atoms with van der Waals surface area (Å²) in [5.41, 5.74) is 1.75. The van der Waals surface area contributed by atoms with Crippen LogP contribution in [-0.4, -0.2) is 63.5 Å². The predicted molar refractivity (Wildman–Crippen MR) is 122 cm³/mol. The number of alkyl halides is 2. The van der Waals surface area contributed by atoms with E-state index in [0.29, 0.717) is 41.5 Å². The molecule has 2 aromatic heterocycles. The standard InChI is InChI=1S/C23H25F2N7O2/c24-19(25)12-32-22-18(9-26-32)21(31-10-16-7-8-17(11-31)34-16)29-20(30-22)13-1-3-14(4-2-13)27-23(33)28-15-5-6-15/h1-4,9,15-17,19H,5-8,10-12H2,(H2,27,28,33). The third-order valence-electron chi connectivity index (χ3n) is 6.44. The van der Waals surface area contributed by atoms with Crippen molar-refractivity contribution in [2.45, 2.75) is 56.9 Å². The number of ether oxygens (including phenoxy) is 1. The molecule has 2 aliphatic heterocycles. The highest BCUT2D eigenvalue weighted by atomic mass is 19.3. The molecule has 3 aromatic rings. The molecule has 0 radical (unpaired) electrons. The maximum Gasteiger partial charge on any atom is 0.319 e. The molecule has 3 fully saturated rings. The van der Waals surface area contributed by atoms with Crippen molar-refractivity contribution in [3.05, 3.63) is 30.5 Å². The molecule has 0 spiro atoms. The lowest BCUT2D eigenvalue weighted by Crippen LogP contribution is -2.43. The maximum atomic E-state index is 13.2. The van der Waals surface area contributed by atoms with E-state index in [4.69, 9.17) is 9.72 Å². The first-order valence-corrected chi connectivity index (χ1v) is 11.6. The third-order valence-corrected chi connectivity index (χ3v) is 6.44. The van der Waals surface area contributed by atoms with Crippen LogP contribution >= 0.6 is 0 Å². The molecule has 1 saturated carbocycles. The molecule has 2 unspecified atom stereocenters. The van der Waals surface area contributed by atoms with E-state index in [0.717, 1.165) is 31.2 Å². The Morgan fingerprint density at radius 2 is 1.82 bits per heavy atom. The molecule has 1 aliphatic carbocycles. The summed E-state index contributed by atoms with van der Waals surface area (Å²) in [6, 6.07) is 7.23. The molecule has 4 heterocycles. The zero-order valence-electron chi connectivity index (χ0n) is 18.5. The summed E-state index contributed by atoms with van der Waals surface area (Å²) in [6.07, 6.45) is 3.37. The molecule has 34 heavy (non-hydrogen) atoms. The number of benzene rings is 1. The summed E-state index contributed by atoms with van der Waals surface area (Å²) >= 11 is 0. The maximum absolute atomic E-state index is 13.2. The van der Waals surface area contributed by atoms with Gasteiger partial charge < -0.3 is 20.3 Å². The van der Waals surface area contributed by atoms with Crippen LogP contribution in [-0.2, 0) is 11.3 Å². The smallest absolute Gasteiger partial charge is 0.319 e. The Kier molecular flexibility index (Phi) is 5.28. The van der Waals surface area contributed by atoms with Crippen LogP contribution < -0.4 is 15.5 Å². The van der Waals surface area contributed by atoms with Gasteiger partial charge >= 0.3 is 6.03 Å². The number of morpholine rings is 1. The number of rotatable bonds is 6. The van der Waals surface area contributed by atoms with Gasteiger partial charge in [0.05, 0.1) is 23.8 Å². The van der Waals surface area contributed by atoms with E-state index in [2.05, 4.69) is 25.6 Å². The number of fused-ring (bicyclic) bond motifs is 3. The number of carbonyl (C=O) groups excluding carboxylic acids is 1. The first-order chi connectivity index (χ1) is 16.5.